The number of rotatable bonds is 10. The maximum absolute atomic E-state index is 5.67. The lowest BCUT2D eigenvalue weighted by molar-refractivity contribution is 0.123. The Kier molecular flexibility index (Phi) is 11.4. The first kappa shape index (κ1) is 21.5. The summed E-state index contributed by atoms with van der Waals surface area (Å²) in [4.78, 5) is 4.19. The van der Waals surface area contributed by atoms with Gasteiger partial charge >= 0.3 is 0 Å². The minimum atomic E-state index is 0. The zero-order valence-electron chi connectivity index (χ0n) is 14.1. The molecule has 0 radical (unpaired) electrons. The van der Waals surface area contributed by atoms with Gasteiger partial charge in [0.15, 0.2) is 5.96 Å². The van der Waals surface area contributed by atoms with E-state index >= 15 is 0 Å². The van der Waals surface area contributed by atoms with Crippen molar-refractivity contribution in [2.75, 3.05) is 40.0 Å². The molecule has 136 valence electrons. The van der Waals surface area contributed by atoms with Crippen LogP contribution in [0.4, 0.5) is 0 Å². The number of benzene rings is 1. The van der Waals surface area contributed by atoms with E-state index in [1.807, 2.05) is 24.3 Å². The normalized spacial score (nSPS) is 14.0. The summed E-state index contributed by atoms with van der Waals surface area (Å²) in [6.07, 6.45) is 3.68. The second-order valence-corrected chi connectivity index (χ2v) is 6.52. The van der Waals surface area contributed by atoms with Gasteiger partial charge < -0.3 is 20.1 Å². The van der Waals surface area contributed by atoms with Crippen LogP contribution in [0, 0.1) is 5.92 Å². The van der Waals surface area contributed by atoms with E-state index in [0.717, 1.165) is 48.3 Å². The second-order valence-electron chi connectivity index (χ2n) is 5.60. The van der Waals surface area contributed by atoms with Crippen molar-refractivity contribution in [3.63, 3.8) is 0 Å². The Labute approximate surface area is 170 Å². The quantitative estimate of drug-likeness (QED) is 0.219. The Bertz CT molecular complexity index is 498. The van der Waals surface area contributed by atoms with Crippen molar-refractivity contribution >= 4 is 45.9 Å². The topological polar surface area (TPSA) is 54.9 Å². The third kappa shape index (κ3) is 9.68. The van der Waals surface area contributed by atoms with Gasteiger partial charge in [0, 0.05) is 31.3 Å². The minimum absolute atomic E-state index is 0. The molecule has 1 aliphatic rings. The fourth-order valence-electron chi connectivity index (χ4n) is 2.03. The van der Waals surface area contributed by atoms with E-state index in [9.17, 15) is 0 Å². The molecule has 1 fully saturated rings. The average Bonchev–Trinajstić information content (AvgIpc) is 3.37. The number of nitrogens with one attached hydrogen (secondary N) is 2. The molecule has 0 saturated heterocycles. The van der Waals surface area contributed by atoms with Gasteiger partial charge in [-0.1, -0.05) is 22.0 Å². The molecule has 24 heavy (non-hydrogen) atoms. The summed E-state index contributed by atoms with van der Waals surface area (Å²) in [5.74, 6) is 2.49. The van der Waals surface area contributed by atoms with Gasteiger partial charge in [-0.05, 0) is 43.4 Å². The first-order valence-electron chi connectivity index (χ1n) is 8.18. The number of nitrogens with zero attached hydrogens (tertiary/aromatic N) is 1. The monoisotopic (exact) mass is 511 g/mol. The van der Waals surface area contributed by atoms with Crippen LogP contribution in [0.3, 0.4) is 0 Å². The molecule has 0 bridgehead atoms. The van der Waals surface area contributed by atoms with Crippen molar-refractivity contribution in [2.24, 2.45) is 10.9 Å². The fourth-order valence-corrected chi connectivity index (χ4v) is 2.41. The molecule has 0 atom stereocenters. The fraction of sp³-hybridized carbons (Fsp3) is 0.588. The van der Waals surface area contributed by atoms with Crippen molar-refractivity contribution in [3.05, 3.63) is 28.7 Å². The lowest BCUT2D eigenvalue weighted by atomic mass is 10.3. The van der Waals surface area contributed by atoms with E-state index < -0.39 is 0 Å². The molecule has 0 heterocycles. The molecule has 2 N–H and O–H groups in total. The van der Waals surface area contributed by atoms with Crippen LogP contribution < -0.4 is 15.4 Å². The van der Waals surface area contributed by atoms with E-state index in [-0.39, 0.29) is 24.0 Å². The smallest absolute Gasteiger partial charge is 0.191 e. The molecule has 5 nitrogen and oxygen atoms in total. The maximum Gasteiger partial charge on any atom is 0.191 e. The van der Waals surface area contributed by atoms with Crippen LogP contribution in [0.15, 0.2) is 33.7 Å². The Morgan fingerprint density at radius 2 is 2.04 bits per heavy atom. The van der Waals surface area contributed by atoms with E-state index in [1.165, 1.54) is 12.8 Å². The summed E-state index contributed by atoms with van der Waals surface area (Å²) in [5.41, 5.74) is 0. The minimum Gasteiger partial charge on any atom is -0.492 e. The predicted molar refractivity (Wildman–Crippen MR) is 113 cm³/mol. The first-order valence-corrected chi connectivity index (χ1v) is 8.98. The van der Waals surface area contributed by atoms with E-state index in [0.29, 0.717) is 13.2 Å². The molecule has 0 aromatic heterocycles. The van der Waals surface area contributed by atoms with Gasteiger partial charge in [-0.25, -0.2) is 0 Å². The number of aliphatic imine (C=N–C) groups is 1. The molecule has 1 aliphatic carbocycles. The van der Waals surface area contributed by atoms with Gasteiger partial charge in [-0.15, -0.1) is 24.0 Å². The lowest BCUT2D eigenvalue weighted by Gasteiger charge is -2.12. The van der Waals surface area contributed by atoms with Crippen molar-refractivity contribution in [2.45, 2.75) is 19.3 Å². The number of halogens is 2. The summed E-state index contributed by atoms with van der Waals surface area (Å²) in [6.45, 7) is 3.88. The molecule has 1 saturated carbocycles. The van der Waals surface area contributed by atoms with Crippen LogP contribution in [0.5, 0.6) is 5.75 Å². The van der Waals surface area contributed by atoms with Crippen molar-refractivity contribution in [1.29, 1.82) is 0 Å². The summed E-state index contributed by atoms with van der Waals surface area (Å²) >= 11 is 3.43. The third-order valence-corrected chi connectivity index (χ3v) is 3.98. The second kappa shape index (κ2) is 12.8. The molecule has 0 unspecified atom stereocenters. The Balaban J connectivity index is 0.00000288. The highest BCUT2D eigenvalue weighted by Gasteiger charge is 2.20. The molecule has 0 amide bonds. The van der Waals surface area contributed by atoms with Gasteiger partial charge in [-0.2, -0.15) is 0 Å². The van der Waals surface area contributed by atoms with Gasteiger partial charge in [0.25, 0.3) is 0 Å². The van der Waals surface area contributed by atoms with Gasteiger partial charge in [0.1, 0.15) is 12.4 Å². The lowest BCUT2D eigenvalue weighted by Crippen LogP contribution is -2.39. The van der Waals surface area contributed by atoms with Crippen LogP contribution in [0.25, 0.3) is 0 Å². The van der Waals surface area contributed by atoms with Crippen molar-refractivity contribution < 1.29 is 9.47 Å². The number of hydrogen-bond acceptors (Lipinski definition) is 3. The number of guanidine groups is 1. The first-order chi connectivity index (χ1) is 11.3. The Morgan fingerprint density at radius 1 is 1.25 bits per heavy atom. The third-order valence-electron chi connectivity index (χ3n) is 3.49. The molecule has 7 heteroatoms. The highest BCUT2D eigenvalue weighted by atomic mass is 127. The molecule has 1 aromatic rings. The van der Waals surface area contributed by atoms with Crippen LogP contribution >= 0.6 is 39.9 Å². The Morgan fingerprint density at radius 3 is 2.75 bits per heavy atom. The molecular weight excluding hydrogens is 485 g/mol. The SMILES string of the molecule is CN=C(NCCCOCC1CC1)NCCOc1cccc(Br)c1.I. The van der Waals surface area contributed by atoms with Gasteiger partial charge in [0.2, 0.25) is 0 Å². The number of ether oxygens (including phenoxy) is 2. The number of hydrogen-bond donors (Lipinski definition) is 2. The molecule has 2 rings (SSSR count). The van der Waals surface area contributed by atoms with E-state index in [4.69, 9.17) is 9.47 Å². The van der Waals surface area contributed by atoms with Crippen molar-refractivity contribution in [3.8, 4) is 5.75 Å². The summed E-state index contributed by atoms with van der Waals surface area (Å²) in [5, 5.41) is 6.51. The van der Waals surface area contributed by atoms with Crippen LogP contribution in [0.2, 0.25) is 0 Å². The van der Waals surface area contributed by atoms with Crippen LogP contribution in [0.1, 0.15) is 19.3 Å². The summed E-state index contributed by atoms with van der Waals surface area (Å²) in [7, 11) is 1.77. The standard InChI is InChI=1S/C17H26BrN3O2.HI/c1-19-17(20-8-3-10-22-13-14-6-7-14)21-9-11-23-16-5-2-4-15(18)12-16;/h2,4-5,12,14H,3,6-11,13H2,1H3,(H2,19,20,21);1H. The molecule has 0 spiro atoms. The highest BCUT2D eigenvalue weighted by molar-refractivity contribution is 14.0. The van der Waals surface area contributed by atoms with Gasteiger partial charge in [-0.3, -0.25) is 4.99 Å². The van der Waals surface area contributed by atoms with Crippen LogP contribution in [-0.4, -0.2) is 45.9 Å². The summed E-state index contributed by atoms with van der Waals surface area (Å²) in [6, 6.07) is 7.83. The summed E-state index contributed by atoms with van der Waals surface area (Å²) < 4.78 is 12.3. The molecule has 0 aliphatic heterocycles. The van der Waals surface area contributed by atoms with Crippen molar-refractivity contribution in [1.82, 2.24) is 10.6 Å². The zero-order chi connectivity index (χ0) is 16.3. The highest BCUT2D eigenvalue weighted by Crippen LogP contribution is 2.28. The largest absolute Gasteiger partial charge is 0.492 e. The van der Waals surface area contributed by atoms with Crippen LogP contribution in [-0.2, 0) is 4.74 Å². The predicted octanol–water partition coefficient (Wildman–Crippen LogP) is 3.43. The van der Waals surface area contributed by atoms with E-state index in [1.54, 1.807) is 7.05 Å². The maximum atomic E-state index is 5.67. The molecular formula is C17H27BrIN3O2. The Hall–Kier alpha value is -0.540. The average molecular weight is 512 g/mol. The van der Waals surface area contributed by atoms with E-state index in [2.05, 4.69) is 31.6 Å². The van der Waals surface area contributed by atoms with Gasteiger partial charge in [0.05, 0.1) is 6.54 Å². The zero-order valence-corrected chi connectivity index (χ0v) is 18.0. The molecule has 1 aromatic carbocycles.